The molecule has 31 heavy (non-hydrogen) atoms. The fraction of sp³-hybridized carbons (Fsp3) is 0.435. The van der Waals surface area contributed by atoms with Crippen LogP contribution in [0.15, 0.2) is 47.6 Å². The van der Waals surface area contributed by atoms with Gasteiger partial charge in [-0.25, -0.2) is 8.42 Å². The summed E-state index contributed by atoms with van der Waals surface area (Å²) >= 11 is 0. The highest BCUT2D eigenvalue weighted by Gasteiger charge is 2.37. The molecule has 2 heterocycles. The molecule has 1 aliphatic rings. The Bertz CT molecular complexity index is 1060. The summed E-state index contributed by atoms with van der Waals surface area (Å²) in [5, 5.41) is 9.68. The second kappa shape index (κ2) is 9.79. The van der Waals surface area contributed by atoms with Gasteiger partial charge in [-0.3, -0.25) is 4.98 Å². The summed E-state index contributed by atoms with van der Waals surface area (Å²) in [7, 11) is 0.0668. The number of aliphatic hydroxyl groups is 1. The number of nitrogens with zero attached hydrogens (tertiary/aromatic N) is 3. The van der Waals surface area contributed by atoms with Crippen molar-refractivity contribution in [1.82, 2.24) is 14.2 Å². The summed E-state index contributed by atoms with van der Waals surface area (Å²) in [4.78, 5) is 6.09. The number of aromatic nitrogens is 1. The molecule has 0 unspecified atom stereocenters. The lowest BCUT2D eigenvalue weighted by Gasteiger charge is -2.37. The van der Waals surface area contributed by atoms with E-state index >= 15 is 0 Å². The first-order valence-corrected chi connectivity index (χ1v) is 11.7. The third-order valence-electron chi connectivity index (χ3n) is 5.24. The van der Waals surface area contributed by atoms with Crippen molar-refractivity contribution in [3.8, 4) is 17.6 Å². The standard InChI is InChI=1S/C23H29N3O4S/c1-17-14-26(18(2)16-27)31(28,29)23-8-7-20(6-5-19-9-11-24-12-10-19)13-21(23)30-22(17)15-25(3)4/h7-13,17-18,22,27H,14-16H2,1-4H3/t17-,18+,22-/m0/s1. The molecule has 8 heteroatoms. The SMILES string of the molecule is C[C@H](CO)N1C[C@H](C)[C@H](CN(C)C)Oc2cc(C#Cc3ccncc3)ccc2S1(=O)=O. The van der Waals surface area contributed by atoms with Crippen LogP contribution in [-0.4, -0.2) is 73.7 Å². The van der Waals surface area contributed by atoms with E-state index < -0.39 is 16.1 Å². The molecule has 7 nitrogen and oxygen atoms in total. The molecule has 0 radical (unpaired) electrons. The third-order valence-corrected chi connectivity index (χ3v) is 7.26. The predicted molar refractivity (Wildman–Crippen MR) is 119 cm³/mol. The number of benzene rings is 1. The Hall–Kier alpha value is -2.44. The zero-order chi connectivity index (χ0) is 22.6. The highest BCUT2D eigenvalue weighted by atomic mass is 32.2. The molecule has 0 saturated heterocycles. The number of fused-ring (bicyclic) bond motifs is 1. The van der Waals surface area contributed by atoms with E-state index in [1.165, 1.54) is 4.31 Å². The molecule has 3 rings (SSSR count). The number of rotatable bonds is 4. The number of pyridine rings is 1. The Labute approximate surface area is 184 Å². The van der Waals surface area contributed by atoms with Crippen molar-refractivity contribution in [3.05, 3.63) is 53.9 Å². The van der Waals surface area contributed by atoms with Gasteiger partial charge in [0.1, 0.15) is 16.7 Å². The summed E-state index contributed by atoms with van der Waals surface area (Å²) < 4.78 is 34.5. The molecule has 0 amide bonds. The van der Waals surface area contributed by atoms with Crippen LogP contribution in [0.25, 0.3) is 0 Å². The van der Waals surface area contributed by atoms with Crippen LogP contribution in [0.1, 0.15) is 25.0 Å². The van der Waals surface area contributed by atoms with Gasteiger partial charge >= 0.3 is 0 Å². The highest BCUT2D eigenvalue weighted by molar-refractivity contribution is 7.89. The number of ether oxygens (including phenoxy) is 1. The Morgan fingerprint density at radius 3 is 2.55 bits per heavy atom. The normalized spacial score (nSPS) is 21.7. The van der Waals surface area contributed by atoms with E-state index in [2.05, 4.69) is 16.8 Å². The predicted octanol–water partition coefficient (Wildman–Crippen LogP) is 1.81. The number of hydrogen-bond donors (Lipinski definition) is 1. The summed E-state index contributed by atoms with van der Waals surface area (Å²) in [6.07, 6.45) is 3.12. The van der Waals surface area contributed by atoms with E-state index in [0.29, 0.717) is 12.1 Å². The first-order chi connectivity index (χ1) is 14.7. The van der Waals surface area contributed by atoms with Gasteiger partial charge in [0.05, 0.1) is 6.61 Å². The first kappa shape index (κ1) is 23.2. The summed E-state index contributed by atoms with van der Waals surface area (Å²) in [5.74, 6) is 6.34. The van der Waals surface area contributed by atoms with E-state index in [1.807, 2.05) is 38.1 Å². The summed E-state index contributed by atoms with van der Waals surface area (Å²) in [6, 6.07) is 7.99. The lowest BCUT2D eigenvalue weighted by Crippen LogP contribution is -2.49. The van der Waals surface area contributed by atoms with Crippen LogP contribution in [0.5, 0.6) is 5.75 Å². The Morgan fingerprint density at radius 1 is 1.23 bits per heavy atom. The minimum absolute atomic E-state index is 0.0779. The van der Waals surface area contributed by atoms with Gasteiger partial charge in [-0.15, -0.1) is 0 Å². The number of sulfonamides is 1. The molecule has 1 aromatic carbocycles. The van der Waals surface area contributed by atoms with E-state index in [-0.39, 0.29) is 35.8 Å². The monoisotopic (exact) mass is 443 g/mol. The molecule has 0 saturated carbocycles. The summed E-state index contributed by atoms with van der Waals surface area (Å²) in [6.45, 7) is 4.33. The average Bonchev–Trinajstić information content (AvgIpc) is 2.74. The molecular weight excluding hydrogens is 414 g/mol. The van der Waals surface area contributed by atoms with Gasteiger partial charge in [0, 0.05) is 48.6 Å². The van der Waals surface area contributed by atoms with E-state index in [9.17, 15) is 13.5 Å². The zero-order valence-corrected chi connectivity index (χ0v) is 19.1. The van der Waals surface area contributed by atoms with Crippen LogP contribution < -0.4 is 4.74 Å². The Kier molecular flexibility index (Phi) is 7.34. The maximum atomic E-state index is 13.4. The second-order valence-electron chi connectivity index (χ2n) is 8.15. The zero-order valence-electron chi connectivity index (χ0n) is 18.3. The lowest BCUT2D eigenvalue weighted by atomic mass is 10.0. The van der Waals surface area contributed by atoms with Crippen LogP contribution in [0, 0.1) is 17.8 Å². The van der Waals surface area contributed by atoms with Gasteiger partial charge in [0.15, 0.2) is 0 Å². The minimum Gasteiger partial charge on any atom is -0.487 e. The van der Waals surface area contributed by atoms with E-state index in [0.717, 1.165) is 5.56 Å². The average molecular weight is 444 g/mol. The van der Waals surface area contributed by atoms with Crippen molar-refractivity contribution >= 4 is 10.0 Å². The minimum atomic E-state index is -3.84. The smallest absolute Gasteiger partial charge is 0.247 e. The van der Waals surface area contributed by atoms with Gasteiger partial charge < -0.3 is 14.7 Å². The van der Waals surface area contributed by atoms with Crippen LogP contribution in [0.3, 0.4) is 0 Å². The van der Waals surface area contributed by atoms with E-state index in [4.69, 9.17) is 4.74 Å². The van der Waals surface area contributed by atoms with Gasteiger partial charge in [0.2, 0.25) is 10.0 Å². The largest absolute Gasteiger partial charge is 0.487 e. The van der Waals surface area contributed by atoms with Gasteiger partial charge in [0.25, 0.3) is 0 Å². The fourth-order valence-corrected chi connectivity index (χ4v) is 5.29. The highest BCUT2D eigenvalue weighted by Crippen LogP contribution is 2.34. The number of hydrogen-bond acceptors (Lipinski definition) is 6. The molecule has 3 atom stereocenters. The van der Waals surface area contributed by atoms with Crippen LogP contribution >= 0.6 is 0 Å². The fourth-order valence-electron chi connectivity index (χ4n) is 3.46. The molecule has 0 aliphatic carbocycles. The molecule has 0 spiro atoms. The van der Waals surface area contributed by atoms with Crippen molar-refractivity contribution in [2.45, 2.75) is 30.9 Å². The summed E-state index contributed by atoms with van der Waals surface area (Å²) in [5.41, 5.74) is 1.47. The molecule has 0 bridgehead atoms. The molecule has 166 valence electrons. The van der Waals surface area contributed by atoms with Crippen molar-refractivity contribution in [3.63, 3.8) is 0 Å². The van der Waals surface area contributed by atoms with Crippen molar-refractivity contribution < 1.29 is 18.3 Å². The quantitative estimate of drug-likeness (QED) is 0.726. The van der Waals surface area contributed by atoms with Crippen molar-refractivity contribution in [2.24, 2.45) is 5.92 Å². The van der Waals surface area contributed by atoms with E-state index in [1.54, 1.807) is 37.5 Å². The second-order valence-corrected chi connectivity index (χ2v) is 10.0. The third kappa shape index (κ3) is 5.43. The maximum absolute atomic E-state index is 13.4. The van der Waals surface area contributed by atoms with Gasteiger partial charge in [-0.05, 0) is 51.4 Å². The van der Waals surface area contributed by atoms with Gasteiger partial charge in [-0.1, -0.05) is 18.8 Å². The van der Waals surface area contributed by atoms with Gasteiger partial charge in [-0.2, -0.15) is 4.31 Å². The van der Waals surface area contributed by atoms with Crippen LogP contribution in [-0.2, 0) is 10.0 Å². The number of aliphatic hydroxyl groups excluding tert-OH is 1. The Balaban J connectivity index is 2.08. The van der Waals surface area contributed by atoms with Crippen LogP contribution in [0.4, 0.5) is 0 Å². The molecule has 1 N–H and O–H groups in total. The molecular formula is C23H29N3O4S. The molecule has 1 aromatic heterocycles. The first-order valence-electron chi connectivity index (χ1n) is 10.2. The number of likely N-dealkylation sites (N-methyl/N-ethyl adjacent to an activating group) is 1. The van der Waals surface area contributed by atoms with Crippen LogP contribution in [0.2, 0.25) is 0 Å². The van der Waals surface area contributed by atoms with Crippen molar-refractivity contribution in [1.29, 1.82) is 0 Å². The van der Waals surface area contributed by atoms with Crippen molar-refractivity contribution in [2.75, 3.05) is 33.8 Å². The molecule has 1 aliphatic heterocycles. The molecule has 2 aromatic rings. The Morgan fingerprint density at radius 2 is 1.90 bits per heavy atom. The molecule has 0 fully saturated rings. The lowest BCUT2D eigenvalue weighted by molar-refractivity contribution is 0.0812. The topological polar surface area (TPSA) is 83.0 Å². The maximum Gasteiger partial charge on any atom is 0.247 e.